The molecule has 0 amide bonds. The molecular weight excluding hydrogens is 184 g/mol. The number of rotatable bonds is 3. The molecule has 0 aromatic carbocycles. The minimum Gasteiger partial charge on any atom is -0.299 e. The number of hydrogen-bond donors (Lipinski definition) is 0. The van der Waals surface area contributed by atoms with Crippen LogP contribution in [0.25, 0.3) is 0 Å². The summed E-state index contributed by atoms with van der Waals surface area (Å²) in [5.41, 5.74) is 1.03. The van der Waals surface area contributed by atoms with Gasteiger partial charge in [0, 0.05) is 11.8 Å². The molecule has 15 heavy (non-hydrogen) atoms. The molecule has 0 spiro atoms. The number of allylic oxidation sites excluding steroid dienone is 3. The molecule has 0 heterocycles. The van der Waals surface area contributed by atoms with Crippen LogP contribution in [0.15, 0.2) is 24.3 Å². The molecule has 1 heteroatoms. The van der Waals surface area contributed by atoms with E-state index >= 15 is 0 Å². The quantitative estimate of drug-likeness (QED) is 0.640. The van der Waals surface area contributed by atoms with Crippen molar-refractivity contribution in [2.45, 2.75) is 46.5 Å². The van der Waals surface area contributed by atoms with Crippen LogP contribution in [0.5, 0.6) is 0 Å². The van der Waals surface area contributed by atoms with E-state index in [2.05, 4.69) is 26.5 Å². The second kappa shape index (κ2) is 4.78. The predicted molar refractivity (Wildman–Crippen MR) is 64.7 cm³/mol. The number of hydrogen-bond acceptors (Lipinski definition) is 1. The molecule has 1 rings (SSSR count). The first-order valence-corrected chi connectivity index (χ1v) is 5.83. The van der Waals surface area contributed by atoms with Gasteiger partial charge in [0.05, 0.1) is 0 Å². The van der Waals surface area contributed by atoms with Crippen molar-refractivity contribution in [1.82, 2.24) is 0 Å². The molecule has 0 N–H and O–H groups in total. The van der Waals surface area contributed by atoms with E-state index in [1.165, 1.54) is 12.0 Å². The summed E-state index contributed by atoms with van der Waals surface area (Å²) in [5, 5.41) is 0. The first-order valence-electron chi connectivity index (χ1n) is 5.83. The van der Waals surface area contributed by atoms with Crippen molar-refractivity contribution >= 4 is 5.78 Å². The Kier molecular flexibility index (Phi) is 3.90. The summed E-state index contributed by atoms with van der Waals surface area (Å²) < 4.78 is 0. The lowest BCUT2D eigenvalue weighted by Gasteiger charge is -2.37. The van der Waals surface area contributed by atoms with Crippen LogP contribution in [-0.2, 0) is 4.79 Å². The Morgan fingerprint density at radius 3 is 2.87 bits per heavy atom. The van der Waals surface area contributed by atoms with E-state index < -0.39 is 0 Å². The van der Waals surface area contributed by atoms with Gasteiger partial charge in [-0.25, -0.2) is 0 Å². The van der Waals surface area contributed by atoms with Gasteiger partial charge in [0.15, 0.2) is 0 Å². The molecule has 0 bridgehead atoms. The normalized spacial score (nSPS) is 32.9. The van der Waals surface area contributed by atoms with Crippen LogP contribution in [0.3, 0.4) is 0 Å². The van der Waals surface area contributed by atoms with Gasteiger partial charge < -0.3 is 0 Å². The van der Waals surface area contributed by atoms with E-state index in [9.17, 15) is 4.79 Å². The van der Waals surface area contributed by atoms with Crippen LogP contribution in [0.1, 0.15) is 46.5 Å². The standard InChI is InChI=1S/C14H22O/c1-5-11(2)9-10-14(4)12(3)7-6-8-13(14)15/h5,9,12H,1,6-8,10H2,2-4H3/b11-9-/t12-,14+/m1/s1. The van der Waals surface area contributed by atoms with Crippen molar-refractivity contribution in [3.63, 3.8) is 0 Å². The van der Waals surface area contributed by atoms with Crippen LogP contribution in [-0.4, -0.2) is 5.78 Å². The molecule has 1 saturated carbocycles. The third kappa shape index (κ3) is 2.58. The highest BCUT2D eigenvalue weighted by atomic mass is 16.1. The molecule has 1 nitrogen and oxygen atoms in total. The van der Waals surface area contributed by atoms with Crippen LogP contribution in [0.4, 0.5) is 0 Å². The Balaban J connectivity index is 2.78. The van der Waals surface area contributed by atoms with Crippen molar-refractivity contribution in [1.29, 1.82) is 0 Å². The molecule has 84 valence electrons. The van der Waals surface area contributed by atoms with Crippen LogP contribution < -0.4 is 0 Å². The lowest BCUT2D eigenvalue weighted by atomic mass is 9.65. The molecule has 0 unspecified atom stereocenters. The van der Waals surface area contributed by atoms with E-state index in [4.69, 9.17) is 0 Å². The Morgan fingerprint density at radius 2 is 2.33 bits per heavy atom. The maximum Gasteiger partial charge on any atom is 0.139 e. The Morgan fingerprint density at radius 1 is 1.67 bits per heavy atom. The molecule has 1 aliphatic carbocycles. The van der Waals surface area contributed by atoms with Crippen LogP contribution in [0.2, 0.25) is 0 Å². The Labute approximate surface area is 93.3 Å². The van der Waals surface area contributed by atoms with Gasteiger partial charge >= 0.3 is 0 Å². The number of carbonyl (C=O) groups excluding carboxylic acids is 1. The minimum atomic E-state index is -0.136. The summed E-state index contributed by atoms with van der Waals surface area (Å²) in [7, 11) is 0. The SMILES string of the molecule is C=C/C(C)=C\C[C@]1(C)C(=O)CCC[C@H]1C. The second-order valence-corrected chi connectivity index (χ2v) is 4.99. The topological polar surface area (TPSA) is 17.1 Å². The van der Waals surface area contributed by atoms with Crippen LogP contribution in [0, 0.1) is 11.3 Å². The van der Waals surface area contributed by atoms with E-state index in [1.807, 2.05) is 13.0 Å². The minimum absolute atomic E-state index is 0.136. The highest BCUT2D eigenvalue weighted by molar-refractivity contribution is 5.85. The second-order valence-electron chi connectivity index (χ2n) is 4.99. The van der Waals surface area contributed by atoms with Gasteiger partial charge in [0.1, 0.15) is 5.78 Å². The third-order valence-electron chi connectivity index (χ3n) is 3.94. The molecule has 2 atom stereocenters. The van der Waals surface area contributed by atoms with Crippen molar-refractivity contribution in [3.8, 4) is 0 Å². The smallest absolute Gasteiger partial charge is 0.139 e. The maximum absolute atomic E-state index is 12.0. The van der Waals surface area contributed by atoms with Crippen molar-refractivity contribution < 1.29 is 4.79 Å². The average molecular weight is 206 g/mol. The summed E-state index contributed by atoms with van der Waals surface area (Å²) in [5.74, 6) is 0.946. The van der Waals surface area contributed by atoms with E-state index in [1.54, 1.807) is 0 Å². The number of ketones is 1. The largest absolute Gasteiger partial charge is 0.299 e. The first kappa shape index (κ1) is 12.2. The van der Waals surface area contributed by atoms with Crippen LogP contribution >= 0.6 is 0 Å². The maximum atomic E-state index is 12.0. The van der Waals surface area contributed by atoms with E-state index in [0.29, 0.717) is 11.7 Å². The van der Waals surface area contributed by atoms with Crippen molar-refractivity contribution in [2.75, 3.05) is 0 Å². The van der Waals surface area contributed by atoms with Gasteiger partial charge in [0.25, 0.3) is 0 Å². The molecular formula is C14H22O. The molecule has 0 saturated heterocycles. The molecule has 1 fully saturated rings. The predicted octanol–water partition coefficient (Wildman–Crippen LogP) is 3.90. The number of carbonyl (C=O) groups is 1. The molecule has 0 radical (unpaired) electrons. The summed E-state index contributed by atoms with van der Waals surface area (Å²) in [6, 6.07) is 0. The number of Topliss-reactive ketones (excluding diaryl/α,β-unsaturated/α-hetero) is 1. The molecule has 1 aliphatic rings. The molecule has 0 aliphatic heterocycles. The van der Waals surface area contributed by atoms with Gasteiger partial charge in [0.2, 0.25) is 0 Å². The monoisotopic (exact) mass is 206 g/mol. The average Bonchev–Trinajstić information content (AvgIpc) is 2.23. The highest BCUT2D eigenvalue weighted by Crippen LogP contribution is 2.41. The summed E-state index contributed by atoms with van der Waals surface area (Å²) in [6.07, 6.45) is 7.88. The zero-order valence-corrected chi connectivity index (χ0v) is 10.2. The van der Waals surface area contributed by atoms with E-state index in [0.717, 1.165) is 19.3 Å². The molecule has 0 aromatic heterocycles. The van der Waals surface area contributed by atoms with Gasteiger partial charge in [-0.15, -0.1) is 0 Å². The zero-order valence-electron chi connectivity index (χ0n) is 10.2. The van der Waals surface area contributed by atoms with Gasteiger partial charge in [-0.2, -0.15) is 0 Å². The van der Waals surface area contributed by atoms with Crippen molar-refractivity contribution in [2.24, 2.45) is 11.3 Å². The van der Waals surface area contributed by atoms with Gasteiger partial charge in [-0.05, 0) is 32.1 Å². The van der Waals surface area contributed by atoms with E-state index in [-0.39, 0.29) is 5.41 Å². The van der Waals surface area contributed by atoms with Gasteiger partial charge in [-0.1, -0.05) is 38.2 Å². The summed E-state index contributed by atoms with van der Waals surface area (Å²) >= 11 is 0. The fraction of sp³-hybridized carbons (Fsp3) is 0.643. The Bertz CT molecular complexity index is 288. The van der Waals surface area contributed by atoms with Crippen molar-refractivity contribution in [3.05, 3.63) is 24.3 Å². The lowest BCUT2D eigenvalue weighted by Crippen LogP contribution is -2.37. The Hall–Kier alpha value is -0.850. The fourth-order valence-electron chi connectivity index (χ4n) is 2.22. The molecule has 0 aromatic rings. The first-order chi connectivity index (χ1) is 7.00. The zero-order chi connectivity index (χ0) is 11.5. The highest BCUT2D eigenvalue weighted by Gasteiger charge is 2.39. The lowest BCUT2D eigenvalue weighted by molar-refractivity contribution is -0.133. The van der Waals surface area contributed by atoms with Gasteiger partial charge in [-0.3, -0.25) is 4.79 Å². The fourth-order valence-corrected chi connectivity index (χ4v) is 2.22. The third-order valence-corrected chi connectivity index (χ3v) is 3.94. The summed E-state index contributed by atoms with van der Waals surface area (Å²) in [4.78, 5) is 12.0. The summed E-state index contributed by atoms with van der Waals surface area (Å²) in [6.45, 7) is 10.1.